The van der Waals surface area contributed by atoms with Gasteiger partial charge in [0.1, 0.15) is 0 Å². The summed E-state index contributed by atoms with van der Waals surface area (Å²) in [6.45, 7) is 0. The number of hydrazone groups is 1. The van der Waals surface area contributed by atoms with Crippen molar-refractivity contribution in [2.75, 3.05) is 21.3 Å². The lowest BCUT2D eigenvalue weighted by Gasteiger charge is -2.12. The molecular formula is C11H15N3O3S. The quantitative estimate of drug-likeness (QED) is 0.469. The summed E-state index contributed by atoms with van der Waals surface area (Å²) in [7, 11) is 4.64. The van der Waals surface area contributed by atoms with Crippen LogP contribution < -0.4 is 25.4 Å². The van der Waals surface area contributed by atoms with E-state index in [0.717, 1.165) is 5.56 Å². The first-order chi connectivity index (χ1) is 8.62. The molecule has 0 aliphatic rings. The highest BCUT2D eigenvalue weighted by Gasteiger charge is 2.12. The van der Waals surface area contributed by atoms with E-state index in [1.54, 1.807) is 39.7 Å². The monoisotopic (exact) mass is 269 g/mol. The maximum Gasteiger partial charge on any atom is 0.203 e. The van der Waals surface area contributed by atoms with Gasteiger partial charge in [0.2, 0.25) is 5.75 Å². The molecule has 98 valence electrons. The van der Waals surface area contributed by atoms with Gasteiger partial charge in [-0.3, -0.25) is 5.43 Å². The van der Waals surface area contributed by atoms with Gasteiger partial charge in [-0.2, -0.15) is 5.10 Å². The number of hydrogen-bond acceptors (Lipinski definition) is 5. The van der Waals surface area contributed by atoms with Crippen LogP contribution in [-0.4, -0.2) is 32.7 Å². The first kappa shape index (κ1) is 14.0. The van der Waals surface area contributed by atoms with Crippen molar-refractivity contribution in [1.82, 2.24) is 5.43 Å². The van der Waals surface area contributed by atoms with Crippen molar-refractivity contribution in [2.45, 2.75) is 0 Å². The predicted molar refractivity (Wildman–Crippen MR) is 73.6 cm³/mol. The third-order valence-electron chi connectivity index (χ3n) is 2.08. The van der Waals surface area contributed by atoms with E-state index in [9.17, 15) is 0 Å². The molecule has 0 radical (unpaired) electrons. The summed E-state index contributed by atoms with van der Waals surface area (Å²) in [5.74, 6) is 1.63. The van der Waals surface area contributed by atoms with Crippen molar-refractivity contribution in [3.8, 4) is 17.2 Å². The fourth-order valence-electron chi connectivity index (χ4n) is 1.35. The lowest BCUT2D eigenvalue weighted by Crippen LogP contribution is -2.23. The molecule has 18 heavy (non-hydrogen) atoms. The number of nitrogens with one attached hydrogen (secondary N) is 1. The molecule has 0 fully saturated rings. The van der Waals surface area contributed by atoms with E-state index in [4.69, 9.17) is 19.9 Å². The fourth-order valence-corrected chi connectivity index (χ4v) is 1.40. The highest BCUT2D eigenvalue weighted by Crippen LogP contribution is 2.37. The Morgan fingerprint density at radius 1 is 1.22 bits per heavy atom. The summed E-state index contributed by atoms with van der Waals surface area (Å²) < 4.78 is 15.6. The Morgan fingerprint density at radius 3 is 2.17 bits per heavy atom. The Kier molecular flexibility index (Phi) is 5.19. The van der Waals surface area contributed by atoms with Gasteiger partial charge in [0.25, 0.3) is 0 Å². The third-order valence-corrected chi connectivity index (χ3v) is 2.17. The van der Waals surface area contributed by atoms with Crippen LogP contribution in [0.1, 0.15) is 5.56 Å². The van der Waals surface area contributed by atoms with Crippen molar-refractivity contribution < 1.29 is 14.2 Å². The molecule has 1 aromatic rings. The number of thiocarbonyl (C=S) groups is 1. The summed E-state index contributed by atoms with van der Waals surface area (Å²) in [5, 5.41) is 3.95. The molecule has 0 heterocycles. The second kappa shape index (κ2) is 6.65. The topological polar surface area (TPSA) is 78.1 Å². The van der Waals surface area contributed by atoms with Gasteiger partial charge in [-0.15, -0.1) is 0 Å². The van der Waals surface area contributed by atoms with Crippen LogP contribution in [0.5, 0.6) is 17.2 Å². The molecule has 0 saturated heterocycles. The number of nitrogens with zero attached hydrogens (tertiary/aromatic N) is 1. The number of rotatable bonds is 5. The van der Waals surface area contributed by atoms with Gasteiger partial charge < -0.3 is 19.9 Å². The largest absolute Gasteiger partial charge is 0.493 e. The van der Waals surface area contributed by atoms with E-state index in [1.807, 2.05) is 0 Å². The van der Waals surface area contributed by atoms with Crippen LogP contribution in [-0.2, 0) is 0 Å². The molecule has 3 N–H and O–H groups in total. The Hall–Kier alpha value is -2.02. The van der Waals surface area contributed by atoms with E-state index in [-0.39, 0.29) is 5.11 Å². The molecule has 6 nitrogen and oxygen atoms in total. The molecule has 1 aromatic carbocycles. The SMILES string of the molecule is COc1cc(/C=N\NC(N)=S)cc(OC)c1OC. The minimum absolute atomic E-state index is 0.0960. The normalized spacial score (nSPS) is 10.2. The van der Waals surface area contributed by atoms with Crippen LogP contribution in [0.4, 0.5) is 0 Å². The average molecular weight is 269 g/mol. The number of hydrogen-bond donors (Lipinski definition) is 2. The maximum atomic E-state index is 5.25. The van der Waals surface area contributed by atoms with Crippen LogP contribution in [0.25, 0.3) is 0 Å². The second-order valence-corrected chi connectivity index (χ2v) is 3.63. The number of nitrogens with two attached hydrogens (primary N) is 1. The molecule has 1 rings (SSSR count). The average Bonchev–Trinajstić information content (AvgIpc) is 2.36. The van der Waals surface area contributed by atoms with Gasteiger partial charge in [-0.25, -0.2) is 0 Å². The van der Waals surface area contributed by atoms with Crippen LogP contribution in [0.15, 0.2) is 17.2 Å². The van der Waals surface area contributed by atoms with Gasteiger partial charge in [-0.1, -0.05) is 0 Å². The van der Waals surface area contributed by atoms with Crippen LogP contribution >= 0.6 is 12.2 Å². The van der Waals surface area contributed by atoms with Gasteiger partial charge >= 0.3 is 0 Å². The lowest BCUT2D eigenvalue weighted by atomic mass is 10.2. The van der Waals surface area contributed by atoms with E-state index in [0.29, 0.717) is 17.2 Å². The highest BCUT2D eigenvalue weighted by atomic mass is 32.1. The molecular weight excluding hydrogens is 254 g/mol. The summed E-state index contributed by atoms with van der Waals surface area (Å²) in [6, 6.07) is 3.51. The molecule has 0 bridgehead atoms. The first-order valence-corrected chi connectivity index (χ1v) is 5.41. The van der Waals surface area contributed by atoms with Gasteiger partial charge in [0.05, 0.1) is 27.5 Å². The number of methoxy groups -OCH3 is 3. The Morgan fingerprint density at radius 2 is 1.78 bits per heavy atom. The van der Waals surface area contributed by atoms with Crippen molar-refractivity contribution in [1.29, 1.82) is 0 Å². The van der Waals surface area contributed by atoms with Crippen LogP contribution in [0.3, 0.4) is 0 Å². The smallest absolute Gasteiger partial charge is 0.203 e. The van der Waals surface area contributed by atoms with Crippen LogP contribution in [0.2, 0.25) is 0 Å². The molecule has 0 spiro atoms. The van der Waals surface area contributed by atoms with Crippen molar-refractivity contribution in [2.24, 2.45) is 10.8 Å². The van der Waals surface area contributed by atoms with E-state index < -0.39 is 0 Å². The number of benzene rings is 1. The van der Waals surface area contributed by atoms with Gasteiger partial charge in [0, 0.05) is 5.56 Å². The fraction of sp³-hybridized carbons (Fsp3) is 0.273. The minimum Gasteiger partial charge on any atom is -0.493 e. The van der Waals surface area contributed by atoms with Gasteiger partial charge in [-0.05, 0) is 24.4 Å². The Balaban J connectivity index is 3.07. The lowest BCUT2D eigenvalue weighted by molar-refractivity contribution is 0.324. The molecule has 0 aliphatic carbocycles. The van der Waals surface area contributed by atoms with E-state index in [2.05, 4.69) is 22.7 Å². The van der Waals surface area contributed by atoms with Crippen molar-refractivity contribution >= 4 is 23.5 Å². The Labute approximate surface area is 111 Å². The minimum atomic E-state index is 0.0960. The summed E-state index contributed by atoms with van der Waals surface area (Å²) >= 11 is 4.63. The standard InChI is InChI=1S/C11H15N3O3S/c1-15-8-4-7(6-13-14-11(12)18)5-9(16-2)10(8)17-3/h4-6H,1-3H3,(H3,12,14,18)/b13-6-. The summed E-state index contributed by atoms with van der Waals surface area (Å²) in [4.78, 5) is 0. The molecule has 7 heteroatoms. The highest BCUT2D eigenvalue weighted by molar-refractivity contribution is 7.80. The van der Waals surface area contributed by atoms with E-state index >= 15 is 0 Å². The zero-order chi connectivity index (χ0) is 13.5. The van der Waals surface area contributed by atoms with Gasteiger partial charge in [0.15, 0.2) is 16.6 Å². The van der Waals surface area contributed by atoms with Crippen LogP contribution in [0, 0.1) is 0 Å². The molecule has 0 atom stereocenters. The summed E-state index contributed by atoms with van der Waals surface area (Å²) in [5.41, 5.74) is 8.47. The maximum absolute atomic E-state index is 5.25. The van der Waals surface area contributed by atoms with E-state index in [1.165, 1.54) is 0 Å². The molecule has 0 saturated carbocycles. The molecule has 0 aromatic heterocycles. The Bertz CT molecular complexity index is 438. The first-order valence-electron chi connectivity index (χ1n) is 5.01. The summed E-state index contributed by atoms with van der Waals surface area (Å²) in [6.07, 6.45) is 1.55. The molecule has 0 aliphatic heterocycles. The molecule has 0 amide bonds. The second-order valence-electron chi connectivity index (χ2n) is 3.19. The zero-order valence-corrected chi connectivity index (χ0v) is 11.2. The molecule has 0 unspecified atom stereocenters. The van der Waals surface area contributed by atoms with Crippen molar-refractivity contribution in [3.63, 3.8) is 0 Å². The predicted octanol–water partition coefficient (Wildman–Crippen LogP) is 0.879. The van der Waals surface area contributed by atoms with Crippen molar-refractivity contribution in [3.05, 3.63) is 17.7 Å². The zero-order valence-electron chi connectivity index (χ0n) is 10.4. The third kappa shape index (κ3) is 3.49. The number of ether oxygens (including phenoxy) is 3.